The van der Waals surface area contributed by atoms with Crippen LogP contribution in [0, 0.1) is 5.82 Å². The summed E-state index contributed by atoms with van der Waals surface area (Å²) in [5.41, 5.74) is -2.19. The van der Waals surface area contributed by atoms with Crippen molar-refractivity contribution in [3.05, 3.63) is 34.1 Å². The third kappa shape index (κ3) is 2.50. The predicted molar refractivity (Wildman–Crippen MR) is 50.6 cm³/mol. The number of rotatable bonds is 2. The Morgan fingerprint density at radius 2 is 2.00 bits per heavy atom. The molecule has 0 aliphatic heterocycles. The highest BCUT2D eigenvalue weighted by Crippen LogP contribution is 2.27. The largest absolute Gasteiger partial charge is 0.371 e. The van der Waals surface area contributed by atoms with Crippen molar-refractivity contribution in [3.63, 3.8) is 0 Å². The molecule has 1 aromatic rings. The summed E-state index contributed by atoms with van der Waals surface area (Å²) in [4.78, 5) is 0. The van der Waals surface area contributed by atoms with Gasteiger partial charge >= 0.3 is 0 Å². The molecule has 0 saturated carbocycles. The van der Waals surface area contributed by atoms with Gasteiger partial charge in [0.15, 0.2) is 0 Å². The smallest absolute Gasteiger partial charge is 0.296 e. The van der Waals surface area contributed by atoms with E-state index >= 15 is 0 Å². The number of hydrogen-bond acceptors (Lipinski definition) is 3. The third-order valence-corrected chi connectivity index (χ3v) is 3.02. The number of aliphatic hydroxyl groups is 1. The molecular formula is C7H6BrFO4S. The van der Waals surface area contributed by atoms with Gasteiger partial charge in [0.25, 0.3) is 10.1 Å². The summed E-state index contributed by atoms with van der Waals surface area (Å²) in [6, 6.07) is 3.04. The van der Waals surface area contributed by atoms with E-state index < -0.39 is 21.4 Å². The molecule has 0 amide bonds. The third-order valence-electron chi connectivity index (χ3n) is 1.51. The standard InChI is InChI=1S/C7H6BrFO4S/c8-6-3-4(9)1-2-5(6)7(10)14(11,12)13/h1-3,7,10H,(H,11,12,13). The summed E-state index contributed by atoms with van der Waals surface area (Å²) < 4.78 is 42.3. The van der Waals surface area contributed by atoms with Crippen LogP contribution in [0.2, 0.25) is 0 Å². The number of benzene rings is 1. The number of aliphatic hydroxyl groups excluding tert-OH is 1. The van der Waals surface area contributed by atoms with Crippen LogP contribution in [0.4, 0.5) is 4.39 Å². The molecule has 0 aromatic heterocycles. The summed E-state index contributed by atoms with van der Waals surface area (Å²) in [7, 11) is -4.59. The summed E-state index contributed by atoms with van der Waals surface area (Å²) in [5.74, 6) is -0.580. The van der Waals surface area contributed by atoms with Gasteiger partial charge < -0.3 is 5.11 Å². The van der Waals surface area contributed by atoms with Gasteiger partial charge in [-0.15, -0.1) is 0 Å². The van der Waals surface area contributed by atoms with Crippen LogP contribution in [0.15, 0.2) is 22.7 Å². The predicted octanol–water partition coefficient (Wildman–Crippen LogP) is 1.47. The molecule has 2 N–H and O–H groups in total. The lowest BCUT2D eigenvalue weighted by Gasteiger charge is -2.09. The highest BCUT2D eigenvalue weighted by Gasteiger charge is 2.23. The van der Waals surface area contributed by atoms with E-state index in [4.69, 9.17) is 9.66 Å². The molecular weight excluding hydrogens is 279 g/mol. The van der Waals surface area contributed by atoms with Gasteiger partial charge in [-0.1, -0.05) is 22.0 Å². The molecule has 0 spiro atoms. The maximum Gasteiger partial charge on any atom is 0.296 e. The van der Waals surface area contributed by atoms with Gasteiger partial charge in [0.05, 0.1) is 0 Å². The van der Waals surface area contributed by atoms with Crippen molar-refractivity contribution in [2.75, 3.05) is 0 Å². The zero-order valence-electron chi connectivity index (χ0n) is 6.68. The average molecular weight is 285 g/mol. The summed E-state index contributed by atoms with van der Waals surface area (Å²) in [5, 5.41) is 9.14. The number of hydrogen-bond donors (Lipinski definition) is 2. The quantitative estimate of drug-likeness (QED) is 0.807. The molecule has 0 heterocycles. The lowest BCUT2D eigenvalue weighted by atomic mass is 10.2. The fourth-order valence-electron chi connectivity index (χ4n) is 0.862. The fraction of sp³-hybridized carbons (Fsp3) is 0.143. The fourth-order valence-corrected chi connectivity index (χ4v) is 2.11. The lowest BCUT2D eigenvalue weighted by molar-refractivity contribution is 0.237. The van der Waals surface area contributed by atoms with Crippen molar-refractivity contribution in [3.8, 4) is 0 Å². The van der Waals surface area contributed by atoms with Crippen molar-refractivity contribution in [1.82, 2.24) is 0 Å². The highest BCUT2D eigenvalue weighted by molar-refractivity contribution is 9.10. The maximum atomic E-state index is 12.6. The summed E-state index contributed by atoms with van der Waals surface area (Å²) in [6.45, 7) is 0. The van der Waals surface area contributed by atoms with Gasteiger partial charge in [0.2, 0.25) is 5.44 Å². The van der Waals surface area contributed by atoms with E-state index in [1.807, 2.05) is 0 Å². The molecule has 1 rings (SSSR count). The van der Waals surface area contributed by atoms with Crippen molar-refractivity contribution >= 4 is 26.0 Å². The van der Waals surface area contributed by atoms with Gasteiger partial charge in [0, 0.05) is 10.0 Å². The molecule has 0 fully saturated rings. The molecule has 1 aromatic carbocycles. The van der Waals surface area contributed by atoms with E-state index in [-0.39, 0.29) is 10.0 Å². The first-order chi connectivity index (χ1) is 6.32. The first-order valence-electron chi connectivity index (χ1n) is 3.41. The second-order valence-corrected chi connectivity index (χ2v) is 4.86. The average Bonchev–Trinajstić information content (AvgIpc) is 2.01. The van der Waals surface area contributed by atoms with Crippen LogP contribution < -0.4 is 0 Å². The van der Waals surface area contributed by atoms with E-state index in [1.165, 1.54) is 0 Å². The molecule has 0 saturated heterocycles. The Labute approximate surface area is 88.3 Å². The Morgan fingerprint density at radius 1 is 1.43 bits per heavy atom. The van der Waals surface area contributed by atoms with Gasteiger partial charge in [0.1, 0.15) is 5.82 Å². The highest BCUT2D eigenvalue weighted by atomic mass is 79.9. The zero-order chi connectivity index (χ0) is 10.9. The Kier molecular flexibility index (Phi) is 3.25. The van der Waals surface area contributed by atoms with Crippen LogP contribution in [-0.2, 0) is 10.1 Å². The van der Waals surface area contributed by atoms with Crippen molar-refractivity contribution in [2.24, 2.45) is 0 Å². The van der Waals surface area contributed by atoms with Crippen LogP contribution in [0.5, 0.6) is 0 Å². The second-order valence-electron chi connectivity index (χ2n) is 2.53. The molecule has 0 bridgehead atoms. The van der Waals surface area contributed by atoms with E-state index in [0.29, 0.717) is 0 Å². The van der Waals surface area contributed by atoms with E-state index in [2.05, 4.69) is 15.9 Å². The van der Waals surface area contributed by atoms with Crippen LogP contribution in [0.3, 0.4) is 0 Å². The Morgan fingerprint density at radius 3 is 2.43 bits per heavy atom. The Hall–Kier alpha value is -0.500. The van der Waals surface area contributed by atoms with Crippen LogP contribution in [0.1, 0.15) is 11.0 Å². The molecule has 1 unspecified atom stereocenters. The number of halogens is 2. The van der Waals surface area contributed by atoms with E-state index in [9.17, 15) is 12.8 Å². The van der Waals surface area contributed by atoms with E-state index in [0.717, 1.165) is 18.2 Å². The molecule has 4 nitrogen and oxygen atoms in total. The summed E-state index contributed by atoms with van der Waals surface area (Å²) in [6.07, 6.45) is 0. The molecule has 0 aliphatic carbocycles. The van der Waals surface area contributed by atoms with Gasteiger partial charge in [-0.3, -0.25) is 4.55 Å². The van der Waals surface area contributed by atoms with Crippen LogP contribution in [0.25, 0.3) is 0 Å². The maximum absolute atomic E-state index is 12.6. The summed E-state index contributed by atoms with van der Waals surface area (Å²) >= 11 is 2.86. The lowest BCUT2D eigenvalue weighted by Crippen LogP contribution is -2.11. The Bertz CT molecular complexity index is 445. The first-order valence-corrected chi connectivity index (χ1v) is 5.71. The van der Waals surface area contributed by atoms with Crippen molar-refractivity contribution in [1.29, 1.82) is 0 Å². The van der Waals surface area contributed by atoms with Crippen LogP contribution in [-0.4, -0.2) is 18.1 Å². The first kappa shape index (κ1) is 11.6. The van der Waals surface area contributed by atoms with Gasteiger partial charge in [-0.25, -0.2) is 4.39 Å². The molecule has 78 valence electrons. The van der Waals surface area contributed by atoms with Crippen molar-refractivity contribution in [2.45, 2.75) is 5.44 Å². The topological polar surface area (TPSA) is 74.6 Å². The minimum Gasteiger partial charge on any atom is -0.371 e. The second kappa shape index (κ2) is 3.93. The SMILES string of the molecule is O=S(=O)(O)C(O)c1ccc(F)cc1Br. The van der Waals surface area contributed by atoms with Gasteiger partial charge in [-0.2, -0.15) is 8.42 Å². The zero-order valence-corrected chi connectivity index (χ0v) is 9.09. The monoisotopic (exact) mass is 284 g/mol. The molecule has 14 heavy (non-hydrogen) atoms. The molecule has 1 atom stereocenters. The molecule has 0 aliphatic rings. The molecule has 0 radical (unpaired) electrons. The normalized spacial score (nSPS) is 14.0. The Balaban J connectivity index is 3.21. The minimum absolute atomic E-state index is 0.0719. The van der Waals surface area contributed by atoms with Gasteiger partial charge in [-0.05, 0) is 12.1 Å². The van der Waals surface area contributed by atoms with E-state index in [1.54, 1.807) is 0 Å². The molecule has 7 heteroatoms. The minimum atomic E-state index is -4.59. The van der Waals surface area contributed by atoms with Crippen LogP contribution >= 0.6 is 15.9 Å². The van der Waals surface area contributed by atoms with Crippen molar-refractivity contribution < 1.29 is 22.5 Å².